The molecule has 4 heteroatoms. The first kappa shape index (κ1) is 10.3. The van der Waals surface area contributed by atoms with Crippen LogP contribution in [0.25, 0.3) is 0 Å². The molecule has 2 aliphatic rings. The largest absolute Gasteiger partial charge is 0.319 e. The summed E-state index contributed by atoms with van der Waals surface area (Å²) in [7, 11) is 0. The maximum absolute atomic E-state index is 12.1. The van der Waals surface area contributed by atoms with Crippen molar-refractivity contribution in [1.82, 2.24) is 10.2 Å². The lowest BCUT2D eigenvalue weighted by Gasteiger charge is -2.38. The molecule has 3 rings (SSSR count). The van der Waals surface area contributed by atoms with E-state index in [1.807, 2.05) is 6.92 Å². The Morgan fingerprint density at radius 1 is 1.50 bits per heavy atom. The van der Waals surface area contributed by atoms with Crippen molar-refractivity contribution in [3.05, 3.63) is 22.4 Å². The van der Waals surface area contributed by atoms with Crippen molar-refractivity contribution in [2.75, 3.05) is 0 Å². The van der Waals surface area contributed by atoms with Crippen molar-refractivity contribution in [3.8, 4) is 0 Å². The summed E-state index contributed by atoms with van der Waals surface area (Å²) in [6, 6.07) is 2.54. The van der Waals surface area contributed by atoms with E-state index in [1.54, 1.807) is 11.3 Å². The van der Waals surface area contributed by atoms with Crippen LogP contribution in [0.2, 0.25) is 0 Å². The molecule has 0 aromatic carbocycles. The lowest BCUT2D eigenvalue weighted by atomic mass is 9.91. The first-order valence-corrected chi connectivity index (χ1v) is 6.82. The molecule has 0 radical (unpaired) electrons. The summed E-state index contributed by atoms with van der Waals surface area (Å²) in [5.41, 5.74) is 1.23. The van der Waals surface area contributed by atoms with Gasteiger partial charge in [-0.2, -0.15) is 11.3 Å². The number of carbonyl (C=O) groups excluding carboxylic acids is 1. The Morgan fingerprint density at radius 2 is 2.31 bits per heavy atom. The lowest BCUT2D eigenvalue weighted by Crippen LogP contribution is -2.43. The van der Waals surface area contributed by atoms with Gasteiger partial charge in [-0.05, 0) is 48.6 Å². The molecule has 1 aliphatic carbocycles. The topological polar surface area (TPSA) is 32.3 Å². The molecular weight excluding hydrogens is 220 g/mol. The number of thiophene rings is 1. The summed E-state index contributed by atoms with van der Waals surface area (Å²) in [4.78, 5) is 14.2. The molecule has 1 aromatic rings. The molecule has 1 aliphatic heterocycles. The Hall–Kier alpha value is -0.870. The molecule has 86 valence electrons. The number of carbonyl (C=O) groups is 1. The van der Waals surface area contributed by atoms with Crippen LogP contribution < -0.4 is 5.32 Å². The normalized spacial score (nSPS) is 30.8. The van der Waals surface area contributed by atoms with Crippen molar-refractivity contribution >= 4 is 17.2 Å². The molecule has 1 saturated heterocycles. The van der Waals surface area contributed by atoms with Crippen LogP contribution in [0.3, 0.4) is 0 Å². The van der Waals surface area contributed by atoms with Gasteiger partial charge in [0, 0.05) is 6.04 Å². The fourth-order valence-electron chi connectivity index (χ4n) is 2.48. The van der Waals surface area contributed by atoms with Crippen molar-refractivity contribution in [2.24, 2.45) is 0 Å². The summed E-state index contributed by atoms with van der Waals surface area (Å²) in [6.45, 7) is 1.96. The van der Waals surface area contributed by atoms with Gasteiger partial charge >= 0.3 is 0 Å². The third-order valence-corrected chi connectivity index (χ3v) is 4.34. The van der Waals surface area contributed by atoms with Crippen LogP contribution >= 0.6 is 11.3 Å². The van der Waals surface area contributed by atoms with Gasteiger partial charge in [0.25, 0.3) is 0 Å². The second-order valence-electron chi connectivity index (χ2n) is 4.68. The molecule has 1 aromatic heterocycles. The fraction of sp³-hybridized carbons (Fsp3) is 0.583. The number of hydrogen-bond donors (Lipinski definition) is 1. The molecule has 1 saturated carbocycles. The van der Waals surface area contributed by atoms with E-state index in [2.05, 4.69) is 27.0 Å². The van der Waals surface area contributed by atoms with E-state index in [9.17, 15) is 4.79 Å². The SMILES string of the molecule is CC1NC(c2ccsc2)N(C2CCC2)C1=O. The van der Waals surface area contributed by atoms with Gasteiger partial charge in [0.05, 0.1) is 6.04 Å². The molecule has 2 unspecified atom stereocenters. The summed E-state index contributed by atoms with van der Waals surface area (Å²) in [5.74, 6) is 0.265. The van der Waals surface area contributed by atoms with E-state index in [0.29, 0.717) is 6.04 Å². The van der Waals surface area contributed by atoms with Gasteiger partial charge in [-0.25, -0.2) is 0 Å². The highest BCUT2D eigenvalue weighted by atomic mass is 32.1. The van der Waals surface area contributed by atoms with E-state index in [1.165, 1.54) is 24.8 Å². The van der Waals surface area contributed by atoms with Crippen molar-refractivity contribution in [2.45, 2.75) is 44.4 Å². The minimum absolute atomic E-state index is 0.0366. The fourth-order valence-corrected chi connectivity index (χ4v) is 3.16. The van der Waals surface area contributed by atoms with Crippen molar-refractivity contribution in [3.63, 3.8) is 0 Å². The molecule has 16 heavy (non-hydrogen) atoms. The van der Waals surface area contributed by atoms with Gasteiger partial charge in [-0.1, -0.05) is 0 Å². The Balaban J connectivity index is 1.88. The number of nitrogens with one attached hydrogen (secondary N) is 1. The molecule has 2 heterocycles. The van der Waals surface area contributed by atoms with Gasteiger partial charge in [0.1, 0.15) is 6.17 Å². The number of nitrogens with zero attached hydrogens (tertiary/aromatic N) is 1. The number of rotatable bonds is 2. The third kappa shape index (κ3) is 1.48. The first-order chi connectivity index (χ1) is 7.77. The molecule has 0 bridgehead atoms. The summed E-state index contributed by atoms with van der Waals surface area (Å²) in [5, 5.41) is 7.59. The highest BCUT2D eigenvalue weighted by Gasteiger charge is 2.42. The highest BCUT2D eigenvalue weighted by Crippen LogP contribution is 2.35. The molecule has 2 atom stereocenters. The second kappa shape index (κ2) is 3.86. The highest BCUT2D eigenvalue weighted by molar-refractivity contribution is 7.07. The molecule has 1 amide bonds. The number of hydrogen-bond acceptors (Lipinski definition) is 3. The Morgan fingerprint density at radius 3 is 2.88 bits per heavy atom. The molecule has 2 fully saturated rings. The van der Waals surface area contributed by atoms with E-state index < -0.39 is 0 Å². The quantitative estimate of drug-likeness (QED) is 0.853. The van der Waals surface area contributed by atoms with E-state index >= 15 is 0 Å². The van der Waals surface area contributed by atoms with Gasteiger partial charge in [0.2, 0.25) is 5.91 Å². The van der Waals surface area contributed by atoms with Gasteiger partial charge in [-0.15, -0.1) is 0 Å². The predicted molar refractivity (Wildman–Crippen MR) is 64.1 cm³/mol. The van der Waals surface area contributed by atoms with Crippen molar-refractivity contribution in [1.29, 1.82) is 0 Å². The smallest absolute Gasteiger partial charge is 0.241 e. The maximum Gasteiger partial charge on any atom is 0.241 e. The first-order valence-electron chi connectivity index (χ1n) is 5.87. The average molecular weight is 236 g/mol. The molecule has 0 spiro atoms. The van der Waals surface area contributed by atoms with Crippen LogP contribution in [0.5, 0.6) is 0 Å². The average Bonchev–Trinajstić information content (AvgIpc) is 2.78. The summed E-state index contributed by atoms with van der Waals surface area (Å²) < 4.78 is 0. The third-order valence-electron chi connectivity index (χ3n) is 3.64. The van der Waals surface area contributed by atoms with E-state index in [0.717, 1.165) is 0 Å². The van der Waals surface area contributed by atoms with Crippen LogP contribution in [0.1, 0.15) is 37.9 Å². The number of amides is 1. The van der Waals surface area contributed by atoms with Gasteiger partial charge < -0.3 is 4.90 Å². The van der Waals surface area contributed by atoms with Crippen LogP contribution in [-0.2, 0) is 4.79 Å². The van der Waals surface area contributed by atoms with Crippen molar-refractivity contribution < 1.29 is 4.79 Å². The zero-order valence-corrected chi connectivity index (χ0v) is 10.2. The lowest BCUT2D eigenvalue weighted by molar-refractivity contribution is -0.133. The Kier molecular flexibility index (Phi) is 2.48. The second-order valence-corrected chi connectivity index (χ2v) is 5.46. The molecule has 3 nitrogen and oxygen atoms in total. The van der Waals surface area contributed by atoms with Crippen LogP contribution in [0.15, 0.2) is 16.8 Å². The maximum atomic E-state index is 12.1. The monoisotopic (exact) mass is 236 g/mol. The summed E-state index contributed by atoms with van der Waals surface area (Å²) in [6.07, 6.45) is 3.71. The van der Waals surface area contributed by atoms with E-state index in [4.69, 9.17) is 0 Å². The van der Waals surface area contributed by atoms with E-state index in [-0.39, 0.29) is 18.1 Å². The zero-order chi connectivity index (χ0) is 11.1. The molecule has 1 N–H and O–H groups in total. The van der Waals surface area contributed by atoms with Crippen LogP contribution in [-0.4, -0.2) is 22.9 Å². The zero-order valence-electron chi connectivity index (χ0n) is 9.35. The van der Waals surface area contributed by atoms with Gasteiger partial charge in [0.15, 0.2) is 0 Å². The standard InChI is InChI=1S/C12H16N2OS/c1-8-12(15)14(10-3-2-4-10)11(13-8)9-5-6-16-7-9/h5-8,10-11,13H,2-4H2,1H3. The minimum atomic E-state index is -0.0366. The Labute approximate surface area is 99.5 Å². The van der Waals surface area contributed by atoms with Crippen LogP contribution in [0.4, 0.5) is 0 Å². The summed E-state index contributed by atoms with van der Waals surface area (Å²) >= 11 is 1.69. The van der Waals surface area contributed by atoms with Crippen LogP contribution in [0, 0.1) is 0 Å². The Bertz CT molecular complexity index is 386. The predicted octanol–water partition coefficient (Wildman–Crippen LogP) is 2.12. The van der Waals surface area contributed by atoms with Gasteiger partial charge in [-0.3, -0.25) is 10.1 Å². The molecular formula is C12H16N2OS. The minimum Gasteiger partial charge on any atom is -0.319 e.